The first kappa shape index (κ1) is 23.0. The Morgan fingerprint density at radius 1 is 1.23 bits per heavy atom. The topological polar surface area (TPSA) is 57.7 Å². The molecule has 1 aliphatic rings. The second-order valence-electron chi connectivity index (χ2n) is 8.64. The van der Waals surface area contributed by atoms with Crippen LogP contribution in [-0.2, 0) is 13.1 Å². The lowest BCUT2D eigenvalue weighted by Gasteiger charge is -2.37. The number of carbonyl (C=O) groups is 1. The first-order chi connectivity index (χ1) is 14.9. The number of amides is 2. The number of benzene rings is 1. The molecular formula is C24H33FN4O2. The lowest BCUT2D eigenvalue weighted by Crippen LogP contribution is -2.49. The summed E-state index contributed by atoms with van der Waals surface area (Å²) in [5.41, 5.74) is 1.69. The molecule has 1 aliphatic heterocycles. The Morgan fingerprint density at radius 2 is 1.94 bits per heavy atom. The minimum absolute atomic E-state index is 0.124. The highest BCUT2D eigenvalue weighted by Gasteiger charge is 2.27. The molecule has 1 aromatic carbocycles. The van der Waals surface area contributed by atoms with E-state index in [1.807, 2.05) is 17.0 Å². The molecule has 0 bridgehead atoms. The maximum Gasteiger partial charge on any atom is 0.318 e. The second-order valence-corrected chi connectivity index (χ2v) is 8.64. The van der Waals surface area contributed by atoms with Crippen LogP contribution in [0.4, 0.5) is 9.18 Å². The molecule has 7 heteroatoms. The smallest absolute Gasteiger partial charge is 0.318 e. The van der Waals surface area contributed by atoms with Gasteiger partial charge in [0.25, 0.3) is 0 Å². The number of hydrogen-bond acceptors (Lipinski definition) is 4. The van der Waals surface area contributed by atoms with Crippen LogP contribution < -0.4 is 10.1 Å². The van der Waals surface area contributed by atoms with Crippen LogP contribution in [0.5, 0.6) is 5.75 Å². The van der Waals surface area contributed by atoms with E-state index >= 15 is 0 Å². The van der Waals surface area contributed by atoms with Crippen molar-refractivity contribution in [2.45, 2.75) is 45.8 Å². The SMILES string of the molecule is CC(C)COc1ccc(CNC(=O)N(Cc2ccc(F)cc2)C2CCN(C)CC2)nc1. The van der Waals surface area contributed by atoms with Crippen LogP contribution in [-0.4, -0.2) is 53.6 Å². The first-order valence-corrected chi connectivity index (χ1v) is 11.0. The Hall–Kier alpha value is -2.67. The average Bonchev–Trinajstić information content (AvgIpc) is 2.77. The number of rotatable bonds is 8. The van der Waals surface area contributed by atoms with Crippen molar-refractivity contribution in [1.29, 1.82) is 0 Å². The molecule has 2 heterocycles. The van der Waals surface area contributed by atoms with Crippen molar-refractivity contribution in [3.63, 3.8) is 0 Å². The fourth-order valence-electron chi connectivity index (χ4n) is 3.59. The minimum Gasteiger partial charge on any atom is -0.492 e. The van der Waals surface area contributed by atoms with Gasteiger partial charge in [0.2, 0.25) is 0 Å². The van der Waals surface area contributed by atoms with Gasteiger partial charge < -0.3 is 19.9 Å². The van der Waals surface area contributed by atoms with Crippen molar-refractivity contribution in [3.05, 3.63) is 59.7 Å². The van der Waals surface area contributed by atoms with Gasteiger partial charge in [0.05, 0.1) is 25.0 Å². The van der Waals surface area contributed by atoms with E-state index in [4.69, 9.17) is 4.74 Å². The third-order valence-electron chi connectivity index (χ3n) is 5.46. The van der Waals surface area contributed by atoms with Gasteiger partial charge in [-0.05, 0) is 68.7 Å². The third-order valence-corrected chi connectivity index (χ3v) is 5.46. The Morgan fingerprint density at radius 3 is 2.55 bits per heavy atom. The summed E-state index contributed by atoms with van der Waals surface area (Å²) in [6.45, 7) is 7.55. The lowest BCUT2D eigenvalue weighted by molar-refractivity contribution is 0.127. The van der Waals surface area contributed by atoms with Crippen LogP contribution in [0.3, 0.4) is 0 Å². The molecule has 1 fully saturated rings. The van der Waals surface area contributed by atoms with Gasteiger partial charge in [-0.15, -0.1) is 0 Å². The number of nitrogens with one attached hydrogen (secondary N) is 1. The van der Waals surface area contributed by atoms with Crippen molar-refractivity contribution in [3.8, 4) is 5.75 Å². The predicted molar refractivity (Wildman–Crippen MR) is 119 cm³/mol. The number of ether oxygens (including phenoxy) is 1. The van der Waals surface area contributed by atoms with Crippen LogP contribution in [0.2, 0.25) is 0 Å². The number of carbonyl (C=O) groups excluding carboxylic acids is 1. The van der Waals surface area contributed by atoms with Gasteiger partial charge in [-0.25, -0.2) is 9.18 Å². The van der Waals surface area contributed by atoms with Crippen LogP contribution in [0, 0.1) is 11.7 Å². The van der Waals surface area contributed by atoms with Crippen LogP contribution >= 0.6 is 0 Å². The van der Waals surface area contributed by atoms with E-state index in [9.17, 15) is 9.18 Å². The van der Waals surface area contributed by atoms with Crippen molar-refractivity contribution < 1.29 is 13.9 Å². The molecule has 0 aliphatic carbocycles. The number of nitrogens with zero attached hydrogens (tertiary/aromatic N) is 3. The second kappa shape index (κ2) is 11.1. The standard InChI is InChI=1S/C24H33FN4O2/c1-18(2)17-31-23-9-8-21(26-15-23)14-27-24(30)29(22-10-12-28(3)13-11-22)16-19-4-6-20(25)7-5-19/h4-9,15,18,22H,10-14,16-17H2,1-3H3,(H,27,30). The van der Waals surface area contributed by atoms with Crippen LogP contribution in [0.15, 0.2) is 42.6 Å². The summed E-state index contributed by atoms with van der Waals surface area (Å²) < 4.78 is 19.0. The molecule has 0 radical (unpaired) electrons. The highest BCUT2D eigenvalue weighted by molar-refractivity contribution is 5.74. The van der Waals surface area contributed by atoms with Crippen LogP contribution in [0.25, 0.3) is 0 Å². The number of piperidine rings is 1. The van der Waals surface area contributed by atoms with Crippen molar-refractivity contribution in [1.82, 2.24) is 20.1 Å². The number of aromatic nitrogens is 1. The molecule has 2 amide bonds. The summed E-state index contributed by atoms with van der Waals surface area (Å²) in [4.78, 5) is 21.6. The molecular weight excluding hydrogens is 395 g/mol. The normalized spacial score (nSPS) is 15.1. The number of urea groups is 1. The maximum absolute atomic E-state index is 13.3. The molecule has 31 heavy (non-hydrogen) atoms. The quantitative estimate of drug-likeness (QED) is 0.689. The number of halogens is 1. The van der Waals surface area contributed by atoms with Gasteiger partial charge in [0.15, 0.2) is 0 Å². The fourth-order valence-corrected chi connectivity index (χ4v) is 3.59. The maximum atomic E-state index is 13.3. The van der Waals surface area contributed by atoms with Gasteiger partial charge in [0.1, 0.15) is 11.6 Å². The van der Waals surface area contributed by atoms with Crippen molar-refractivity contribution in [2.75, 3.05) is 26.7 Å². The highest BCUT2D eigenvalue weighted by Crippen LogP contribution is 2.19. The molecule has 3 rings (SSSR count). The van der Waals surface area contributed by atoms with E-state index < -0.39 is 0 Å². The van der Waals surface area contributed by atoms with Gasteiger partial charge in [-0.1, -0.05) is 26.0 Å². The first-order valence-electron chi connectivity index (χ1n) is 11.0. The zero-order valence-electron chi connectivity index (χ0n) is 18.7. The molecule has 0 spiro atoms. The minimum atomic E-state index is -0.272. The van der Waals surface area contributed by atoms with E-state index in [1.54, 1.807) is 18.3 Å². The summed E-state index contributed by atoms with van der Waals surface area (Å²) in [5.74, 6) is 0.907. The Bertz CT molecular complexity index is 818. The summed E-state index contributed by atoms with van der Waals surface area (Å²) in [7, 11) is 2.10. The Balaban J connectivity index is 1.61. The summed E-state index contributed by atoms with van der Waals surface area (Å²) >= 11 is 0. The molecule has 0 atom stereocenters. The molecule has 2 aromatic rings. The van der Waals surface area contributed by atoms with E-state index in [-0.39, 0.29) is 17.9 Å². The molecule has 0 saturated carbocycles. The average molecular weight is 429 g/mol. The molecule has 1 aromatic heterocycles. The zero-order valence-corrected chi connectivity index (χ0v) is 18.7. The predicted octanol–water partition coefficient (Wildman–Crippen LogP) is 4.06. The van der Waals surface area contributed by atoms with E-state index in [1.165, 1.54) is 12.1 Å². The monoisotopic (exact) mass is 428 g/mol. The molecule has 168 valence electrons. The van der Waals surface area contributed by atoms with E-state index in [2.05, 4.69) is 36.1 Å². The molecule has 0 unspecified atom stereocenters. The molecule has 1 N–H and O–H groups in total. The summed E-state index contributed by atoms with van der Waals surface area (Å²) in [6.07, 6.45) is 3.54. The number of likely N-dealkylation sites (tertiary alicyclic amines) is 1. The summed E-state index contributed by atoms with van der Waals surface area (Å²) in [6, 6.07) is 10.1. The molecule has 1 saturated heterocycles. The van der Waals surface area contributed by atoms with Gasteiger partial charge >= 0.3 is 6.03 Å². The van der Waals surface area contributed by atoms with Crippen molar-refractivity contribution in [2.24, 2.45) is 5.92 Å². The van der Waals surface area contributed by atoms with Crippen molar-refractivity contribution >= 4 is 6.03 Å². The Kier molecular flexibility index (Phi) is 8.23. The van der Waals surface area contributed by atoms with E-state index in [0.29, 0.717) is 25.6 Å². The van der Waals surface area contributed by atoms with Gasteiger partial charge in [-0.2, -0.15) is 0 Å². The fraction of sp³-hybridized carbons (Fsp3) is 0.500. The summed E-state index contributed by atoms with van der Waals surface area (Å²) in [5, 5.41) is 3.00. The highest BCUT2D eigenvalue weighted by atomic mass is 19.1. The van der Waals surface area contributed by atoms with E-state index in [0.717, 1.165) is 42.9 Å². The van der Waals surface area contributed by atoms with Gasteiger partial charge in [0, 0.05) is 12.6 Å². The largest absolute Gasteiger partial charge is 0.492 e. The van der Waals surface area contributed by atoms with Crippen LogP contribution in [0.1, 0.15) is 37.9 Å². The third kappa shape index (κ3) is 7.21. The number of hydrogen-bond donors (Lipinski definition) is 1. The lowest BCUT2D eigenvalue weighted by atomic mass is 10.0. The Labute approximate surface area is 184 Å². The zero-order chi connectivity index (χ0) is 22.2. The molecule has 6 nitrogen and oxygen atoms in total. The number of pyridine rings is 1. The van der Waals surface area contributed by atoms with Gasteiger partial charge in [-0.3, -0.25) is 4.98 Å².